The number of hydrogen-bond donors (Lipinski definition) is 2. The molecule has 0 amide bonds. The maximum absolute atomic E-state index is 9.57. The fourth-order valence-corrected chi connectivity index (χ4v) is 3.53. The van der Waals surface area contributed by atoms with Crippen molar-refractivity contribution in [2.24, 2.45) is 5.10 Å². The number of hydrazone groups is 1. The zero-order valence-corrected chi connectivity index (χ0v) is 15.3. The molecular formula is C17H16ClN3O2Se. The van der Waals surface area contributed by atoms with Gasteiger partial charge in [0.25, 0.3) is 0 Å². The van der Waals surface area contributed by atoms with Gasteiger partial charge in [0.15, 0.2) is 0 Å². The van der Waals surface area contributed by atoms with E-state index in [0.717, 1.165) is 15.9 Å². The summed E-state index contributed by atoms with van der Waals surface area (Å²) < 4.78 is 6.06. The van der Waals surface area contributed by atoms with Crippen LogP contribution in [0.25, 0.3) is 11.3 Å². The Kier molecular flexibility index (Phi) is 6.43. The van der Waals surface area contributed by atoms with E-state index in [0.29, 0.717) is 5.75 Å². The largest absolute Gasteiger partial charge is 1.00 e. The van der Waals surface area contributed by atoms with Crippen molar-refractivity contribution in [3.63, 3.8) is 0 Å². The van der Waals surface area contributed by atoms with Crippen LogP contribution in [0, 0.1) is 0 Å². The first-order chi connectivity index (χ1) is 11.3. The molecule has 0 fully saturated rings. The summed E-state index contributed by atoms with van der Waals surface area (Å²) in [5.74, 6) is 0.544. The Morgan fingerprint density at radius 2 is 2.00 bits per heavy atom. The summed E-state index contributed by atoms with van der Waals surface area (Å²) in [4.78, 5) is 5.53. The Morgan fingerprint density at radius 3 is 2.75 bits per heavy atom. The van der Waals surface area contributed by atoms with Gasteiger partial charge in [0.2, 0.25) is 0 Å². The van der Waals surface area contributed by atoms with Crippen LogP contribution in [-0.4, -0.2) is 32.9 Å². The molecule has 0 aliphatic heterocycles. The van der Waals surface area contributed by atoms with Crippen LogP contribution >= 0.6 is 0 Å². The predicted molar refractivity (Wildman–Crippen MR) is 91.2 cm³/mol. The molecule has 24 heavy (non-hydrogen) atoms. The number of aromatic hydroxyl groups is 1. The second-order valence-corrected chi connectivity index (χ2v) is 6.62. The summed E-state index contributed by atoms with van der Waals surface area (Å²) >= 11 is 0.204. The summed E-state index contributed by atoms with van der Waals surface area (Å²) in [7, 11) is 1.52. The van der Waals surface area contributed by atoms with Crippen molar-refractivity contribution >= 4 is 25.4 Å². The number of aromatic nitrogens is 1. The van der Waals surface area contributed by atoms with Gasteiger partial charge < -0.3 is 12.4 Å². The number of phenolic OH excluding ortho intramolecular Hbond substituents is 1. The summed E-state index contributed by atoms with van der Waals surface area (Å²) in [6.07, 6.45) is 1.69. The zero-order valence-electron chi connectivity index (χ0n) is 12.9. The molecule has 7 heteroatoms. The first-order valence-corrected chi connectivity index (χ1v) is 8.83. The molecule has 5 nitrogen and oxygen atoms in total. The predicted octanol–water partition coefficient (Wildman–Crippen LogP) is -0.611. The standard InChI is InChI=1S/C17H15N3O2Se.ClH/c1-22-16-9-12(7-8-15(16)21)10-18-20-17-19-14(11-23-17)13-5-3-2-4-6-13;/h2-11,21H,1H3,(H,19,20);1H. The van der Waals surface area contributed by atoms with Gasteiger partial charge in [-0.2, -0.15) is 0 Å². The number of nitrogens with zero attached hydrogens (tertiary/aromatic N) is 1. The van der Waals surface area contributed by atoms with Crippen molar-refractivity contribution in [1.82, 2.24) is 0 Å². The number of H-pyrrole nitrogens is 1. The smallest absolute Gasteiger partial charge is 1.00 e. The van der Waals surface area contributed by atoms with E-state index in [9.17, 15) is 5.11 Å². The summed E-state index contributed by atoms with van der Waals surface area (Å²) in [6, 6.07) is 15.3. The third-order valence-corrected chi connectivity index (χ3v) is 4.85. The Balaban J connectivity index is 0.00000208. The number of anilines is 1. The van der Waals surface area contributed by atoms with E-state index >= 15 is 0 Å². The number of hydrogen-bond acceptors (Lipinski definition) is 4. The van der Waals surface area contributed by atoms with Gasteiger partial charge >= 0.3 is 140 Å². The maximum Gasteiger partial charge on any atom is -1.00 e. The van der Waals surface area contributed by atoms with E-state index in [2.05, 4.69) is 32.6 Å². The van der Waals surface area contributed by atoms with E-state index in [1.807, 2.05) is 18.2 Å². The molecule has 0 spiro atoms. The Bertz CT molecular complexity index is 822. The van der Waals surface area contributed by atoms with Crippen LogP contribution < -0.4 is 27.6 Å². The average molecular weight is 409 g/mol. The van der Waals surface area contributed by atoms with E-state index in [4.69, 9.17) is 4.74 Å². The number of methoxy groups -OCH3 is 1. The molecule has 124 valence electrons. The minimum atomic E-state index is 0. The van der Waals surface area contributed by atoms with Gasteiger partial charge in [0.05, 0.1) is 0 Å². The molecule has 0 saturated heterocycles. The van der Waals surface area contributed by atoms with Gasteiger partial charge in [0.1, 0.15) is 0 Å². The van der Waals surface area contributed by atoms with E-state index in [1.54, 1.807) is 24.4 Å². The molecule has 0 atom stereocenters. The topological polar surface area (TPSA) is 68.0 Å². The molecule has 3 rings (SSSR count). The van der Waals surface area contributed by atoms with E-state index in [-0.39, 0.29) is 32.7 Å². The molecule has 0 aliphatic carbocycles. The minimum Gasteiger partial charge on any atom is -1.00 e. The number of halogens is 1. The number of ether oxygens (including phenoxy) is 1. The number of phenols is 1. The van der Waals surface area contributed by atoms with Crippen molar-refractivity contribution in [2.45, 2.75) is 0 Å². The van der Waals surface area contributed by atoms with Crippen LogP contribution in [0.1, 0.15) is 5.56 Å². The van der Waals surface area contributed by atoms with Gasteiger partial charge in [-0.1, -0.05) is 0 Å². The molecule has 3 N–H and O–H groups in total. The molecule has 0 unspecified atom stereocenters. The van der Waals surface area contributed by atoms with Crippen molar-refractivity contribution in [3.05, 3.63) is 59.0 Å². The Hall–Kier alpha value is -2.27. The first-order valence-electron chi connectivity index (χ1n) is 6.98. The molecule has 1 heterocycles. The van der Waals surface area contributed by atoms with Crippen molar-refractivity contribution in [3.8, 4) is 22.8 Å². The van der Waals surface area contributed by atoms with Gasteiger partial charge in [-0.05, 0) is 0 Å². The summed E-state index contributed by atoms with van der Waals surface area (Å²) in [5, 5.41) is 13.8. The Morgan fingerprint density at radius 1 is 1.21 bits per heavy atom. The number of aromatic amines is 1. The van der Waals surface area contributed by atoms with Gasteiger partial charge in [-0.25, -0.2) is 0 Å². The van der Waals surface area contributed by atoms with Crippen LogP contribution in [0.2, 0.25) is 0 Å². The second kappa shape index (κ2) is 8.54. The molecule has 1 aromatic heterocycles. The molecule has 0 aliphatic rings. The van der Waals surface area contributed by atoms with Crippen LogP contribution in [0.3, 0.4) is 0 Å². The van der Waals surface area contributed by atoms with Gasteiger partial charge in [-0.3, -0.25) is 0 Å². The maximum atomic E-state index is 9.57. The Labute approximate surface area is 152 Å². The van der Waals surface area contributed by atoms with Gasteiger partial charge in [0, 0.05) is 0 Å². The second-order valence-electron chi connectivity index (χ2n) is 4.77. The normalized spacial score (nSPS) is 10.4. The number of rotatable bonds is 5. The molecule has 0 saturated carbocycles. The molecule has 2 aromatic carbocycles. The first kappa shape index (κ1) is 18.1. The molecule has 0 radical (unpaired) electrons. The minimum absolute atomic E-state index is 0. The summed E-state index contributed by atoms with van der Waals surface area (Å²) in [5.41, 5.74) is 6.14. The van der Waals surface area contributed by atoms with Crippen LogP contribution in [-0.2, 0) is 0 Å². The van der Waals surface area contributed by atoms with Crippen LogP contribution in [0.5, 0.6) is 11.5 Å². The quantitative estimate of drug-likeness (QED) is 0.336. The van der Waals surface area contributed by atoms with Crippen LogP contribution in [0.15, 0.2) is 58.6 Å². The molecule has 0 bridgehead atoms. The van der Waals surface area contributed by atoms with Crippen molar-refractivity contribution in [2.75, 3.05) is 12.5 Å². The SMILES string of the molecule is COc1cc(C=NNc2[nH+]c(-c3ccccc3)c[se]2)ccc1O.[Cl-]. The van der Waals surface area contributed by atoms with E-state index in [1.165, 1.54) is 12.7 Å². The third kappa shape index (κ3) is 4.38. The van der Waals surface area contributed by atoms with E-state index < -0.39 is 0 Å². The fourth-order valence-electron chi connectivity index (χ4n) is 2.05. The number of nitrogens with one attached hydrogen (secondary N) is 2. The van der Waals surface area contributed by atoms with Crippen molar-refractivity contribution in [1.29, 1.82) is 0 Å². The zero-order chi connectivity index (χ0) is 16.1. The van der Waals surface area contributed by atoms with Crippen molar-refractivity contribution < 1.29 is 27.2 Å². The third-order valence-electron chi connectivity index (χ3n) is 3.21. The van der Waals surface area contributed by atoms with Crippen LogP contribution in [0.4, 0.5) is 4.69 Å². The monoisotopic (exact) mass is 409 g/mol. The average Bonchev–Trinajstić information content (AvgIpc) is 3.06. The fraction of sp³-hybridized carbons (Fsp3) is 0.0588. The summed E-state index contributed by atoms with van der Waals surface area (Å²) in [6.45, 7) is 0. The van der Waals surface area contributed by atoms with Gasteiger partial charge in [-0.15, -0.1) is 0 Å². The molecular weight excluding hydrogens is 393 g/mol. The number of benzene rings is 2. The molecule has 3 aromatic rings.